The van der Waals surface area contributed by atoms with Crippen LogP contribution in [0.2, 0.25) is 0 Å². The molecule has 1 atom stereocenters. The number of nitrogens with zero attached hydrogens (tertiary/aromatic N) is 2. The van der Waals surface area contributed by atoms with E-state index < -0.39 is 12.1 Å². The zero-order chi connectivity index (χ0) is 18.0. The second-order valence-electron chi connectivity index (χ2n) is 5.90. The minimum absolute atomic E-state index is 0.0929. The summed E-state index contributed by atoms with van der Waals surface area (Å²) in [6.45, 7) is 3.81. The molecule has 25 heavy (non-hydrogen) atoms. The van der Waals surface area contributed by atoms with Gasteiger partial charge in [0.2, 0.25) is 12.0 Å². The van der Waals surface area contributed by atoms with E-state index in [1.165, 1.54) is 7.11 Å². The molecule has 0 spiro atoms. The third-order valence-electron chi connectivity index (χ3n) is 4.31. The molecule has 2 aromatic rings. The molecule has 0 bridgehead atoms. The molecule has 132 valence electrons. The van der Waals surface area contributed by atoms with Gasteiger partial charge >= 0.3 is 5.97 Å². The van der Waals surface area contributed by atoms with Crippen LogP contribution in [-0.4, -0.2) is 36.8 Å². The fourth-order valence-electron chi connectivity index (χ4n) is 2.95. The van der Waals surface area contributed by atoms with Gasteiger partial charge in [-0.25, -0.2) is 4.79 Å². The standard InChI is InChI=1S/C18H20N2O5/c1-11-13(12(2)25-19-11)8-9-17(21)20-10-16(18(22)23-3)24-15-7-5-4-6-14(15)20/h4-7,16H,8-10H2,1-3H3. The molecule has 0 saturated carbocycles. The third kappa shape index (κ3) is 3.35. The first kappa shape index (κ1) is 17.0. The van der Waals surface area contributed by atoms with E-state index in [2.05, 4.69) is 5.16 Å². The van der Waals surface area contributed by atoms with E-state index in [-0.39, 0.29) is 18.9 Å². The number of anilines is 1. The monoisotopic (exact) mass is 344 g/mol. The summed E-state index contributed by atoms with van der Waals surface area (Å²) in [7, 11) is 1.30. The second kappa shape index (κ2) is 6.96. The van der Waals surface area contributed by atoms with E-state index in [9.17, 15) is 9.59 Å². The smallest absolute Gasteiger partial charge is 0.348 e. The van der Waals surface area contributed by atoms with Gasteiger partial charge in [0.15, 0.2) is 0 Å². The highest BCUT2D eigenvalue weighted by molar-refractivity contribution is 5.96. The van der Waals surface area contributed by atoms with Gasteiger partial charge < -0.3 is 18.9 Å². The van der Waals surface area contributed by atoms with Crippen LogP contribution in [0.1, 0.15) is 23.4 Å². The Morgan fingerprint density at radius 3 is 2.76 bits per heavy atom. The number of amides is 1. The lowest BCUT2D eigenvalue weighted by Crippen LogP contribution is -2.47. The molecule has 1 aromatic heterocycles. The highest BCUT2D eigenvalue weighted by Gasteiger charge is 2.34. The van der Waals surface area contributed by atoms with Gasteiger partial charge in [0.25, 0.3) is 0 Å². The molecule has 1 unspecified atom stereocenters. The van der Waals surface area contributed by atoms with Gasteiger partial charge in [0.05, 0.1) is 25.0 Å². The van der Waals surface area contributed by atoms with Crippen LogP contribution >= 0.6 is 0 Å². The average molecular weight is 344 g/mol. The molecule has 2 heterocycles. The molecule has 7 heteroatoms. The van der Waals surface area contributed by atoms with Crippen molar-refractivity contribution < 1.29 is 23.6 Å². The fourth-order valence-corrected chi connectivity index (χ4v) is 2.95. The lowest BCUT2D eigenvalue weighted by atomic mass is 10.1. The summed E-state index contributed by atoms with van der Waals surface area (Å²) < 4.78 is 15.6. The predicted molar refractivity (Wildman–Crippen MR) is 89.5 cm³/mol. The van der Waals surface area contributed by atoms with Crippen LogP contribution in [0.15, 0.2) is 28.8 Å². The van der Waals surface area contributed by atoms with Crippen molar-refractivity contribution in [3.63, 3.8) is 0 Å². The molecule has 0 saturated heterocycles. The lowest BCUT2D eigenvalue weighted by molar-refractivity contribution is -0.148. The van der Waals surface area contributed by atoms with Crippen molar-refractivity contribution in [1.29, 1.82) is 0 Å². The largest absolute Gasteiger partial charge is 0.475 e. The van der Waals surface area contributed by atoms with Gasteiger partial charge in [-0.15, -0.1) is 0 Å². The minimum Gasteiger partial charge on any atom is -0.475 e. The van der Waals surface area contributed by atoms with Crippen LogP contribution in [0.25, 0.3) is 0 Å². The Bertz CT molecular complexity index is 779. The summed E-state index contributed by atoms with van der Waals surface area (Å²) in [4.78, 5) is 26.3. The maximum absolute atomic E-state index is 12.8. The normalized spacial score (nSPS) is 16.1. The van der Waals surface area contributed by atoms with E-state index in [1.54, 1.807) is 23.1 Å². The van der Waals surface area contributed by atoms with Crippen molar-refractivity contribution in [3.8, 4) is 5.75 Å². The molecule has 1 amide bonds. The first-order valence-electron chi connectivity index (χ1n) is 8.07. The number of rotatable bonds is 4. The van der Waals surface area contributed by atoms with E-state index in [1.807, 2.05) is 19.9 Å². The number of carbonyl (C=O) groups is 2. The maximum atomic E-state index is 12.8. The van der Waals surface area contributed by atoms with Crippen LogP contribution in [0, 0.1) is 13.8 Å². The summed E-state index contributed by atoms with van der Waals surface area (Å²) in [6, 6.07) is 7.16. The average Bonchev–Trinajstić information content (AvgIpc) is 2.95. The number of methoxy groups -OCH3 is 1. The Hall–Kier alpha value is -2.83. The van der Waals surface area contributed by atoms with Gasteiger partial charge in [-0.2, -0.15) is 0 Å². The Morgan fingerprint density at radius 2 is 2.08 bits per heavy atom. The summed E-state index contributed by atoms with van der Waals surface area (Å²) in [5.74, 6) is 0.623. The summed E-state index contributed by atoms with van der Waals surface area (Å²) in [5.41, 5.74) is 2.39. The van der Waals surface area contributed by atoms with Crippen LogP contribution in [0.5, 0.6) is 5.75 Å². The molecule has 3 rings (SSSR count). The quantitative estimate of drug-likeness (QED) is 0.791. The Kier molecular flexibility index (Phi) is 4.74. The van der Waals surface area contributed by atoms with Crippen LogP contribution < -0.4 is 9.64 Å². The van der Waals surface area contributed by atoms with Gasteiger partial charge in [-0.3, -0.25) is 4.79 Å². The van der Waals surface area contributed by atoms with E-state index in [4.69, 9.17) is 14.0 Å². The highest BCUT2D eigenvalue weighted by Crippen LogP contribution is 2.34. The maximum Gasteiger partial charge on any atom is 0.348 e. The first-order chi connectivity index (χ1) is 12.0. The molecular formula is C18H20N2O5. The van der Waals surface area contributed by atoms with E-state index >= 15 is 0 Å². The molecule has 0 aliphatic carbocycles. The van der Waals surface area contributed by atoms with Crippen molar-refractivity contribution >= 4 is 17.6 Å². The molecule has 1 aliphatic heterocycles. The van der Waals surface area contributed by atoms with Crippen LogP contribution in [0.3, 0.4) is 0 Å². The number of benzene rings is 1. The molecule has 0 radical (unpaired) electrons. The molecular weight excluding hydrogens is 324 g/mol. The number of para-hydroxylation sites is 2. The third-order valence-corrected chi connectivity index (χ3v) is 4.31. The van der Waals surface area contributed by atoms with E-state index in [0.717, 1.165) is 17.0 Å². The number of aromatic nitrogens is 1. The van der Waals surface area contributed by atoms with Gasteiger partial charge in [0.1, 0.15) is 11.5 Å². The second-order valence-corrected chi connectivity index (χ2v) is 5.90. The van der Waals surface area contributed by atoms with Gasteiger partial charge in [-0.1, -0.05) is 17.3 Å². The number of esters is 1. The molecule has 7 nitrogen and oxygen atoms in total. The first-order valence-corrected chi connectivity index (χ1v) is 8.07. The number of aryl methyl sites for hydroxylation is 2. The van der Waals surface area contributed by atoms with Crippen molar-refractivity contribution in [2.24, 2.45) is 0 Å². The van der Waals surface area contributed by atoms with Gasteiger partial charge in [0, 0.05) is 12.0 Å². The fraction of sp³-hybridized carbons (Fsp3) is 0.389. The SMILES string of the molecule is COC(=O)C1CN(C(=O)CCc2c(C)noc2C)c2ccccc2O1. The summed E-state index contributed by atoms with van der Waals surface area (Å²) in [5, 5.41) is 3.91. The van der Waals surface area contributed by atoms with Crippen molar-refractivity contribution in [2.75, 3.05) is 18.6 Å². The number of carbonyl (C=O) groups excluding carboxylic acids is 2. The van der Waals surface area contributed by atoms with Crippen LogP contribution in [-0.2, 0) is 20.7 Å². The molecule has 0 N–H and O–H groups in total. The minimum atomic E-state index is -0.831. The molecule has 0 fully saturated rings. The number of hydrogen-bond acceptors (Lipinski definition) is 6. The lowest BCUT2D eigenvalue weighted by Gasteiger charge is -2.33. The zero-order valence-electron chi connectivity index (χ0n) is 14.4. The predicted octanol–water partition coefficient (Wildman–Crippen LogP) is 2.19. The number of fused-ring (bicyclic) bond motifs is 1. The Balaban J connectivity index is 1.79. The summed E-state index contributed by atoms with van der Waals surface area (Å²) in [6.07, 6.45) is -0.0176. The zero-order valence-corrected chi connectivity index (χ0v) is 14.4. The number of hydrogen-bond donors (Lipinski definition) is 0. The van der Waals surface area contributed by atoms with E-state index in [0.29, 0.717) is 17.9 Å². The van der Waals surface area contributed by atoms with Crippen molar-refractivity contribution in [2.45, 2.75) is 32.8 Å². The topological polar surface area (TPSA) is 81.9 Å². The van der Waals surface area contributed by atoms with Crippen molar-refractivity contribution in [3.05, 3.63) is 41.3 Å². The highest BCUT2D eigenvalue weighted by atomic mass is 16.6. The van der Waals surface area contributed by atoms with Crippen molar-refractivity contribution in [1.82, 2.24) is 5.16 Å². The Morgan fingerprint density at radius 1 is 1.32 bits per heavy atom. The molecule has 1 aliphatic rings. The number of ether oxygens (including phenoxy) is 2. The molecule has 1 aromatic carbocycles. The summed E-state index contributed by atoms with van der Waals surface area (Å²) >= 11 is 0. The van der Waals surface area contributed by atoms with Gasteiger partial charge in [-0.05, 0) is 32.4 Å². The Labute approximate surface area is 145 Å². The van der Waals surface area contributed by atoms with Crippen LogP contribution in [0.4, 0.5) is 5.69 Å².